The van der Waals surface area contributed by atoms with E-state index in [2.05, 4.69) is 28.8 Å². The number of allylic oxidation sites excluding steroid dienone is 1. The van der Waals surface area contributed by atoms with Gasteiger partial charge in [0.25, 0.3) is 0 Å². The predicted octanol–water partition coefficient (Wildman–Crippen LogP) is 2.11. The molecule has 0 spiro atoms. The van der Waals surface area contributed by atoms with E-state index in [9.17, 15) is 0 Å². The largest absolute Gasteiger partial charge is 0.385 e. The van der Waals surface area contributed by atoms with Gasteiger partial charge >= 0.3 is 0 Å². The van der Waals surface area contributed by atoms with E-state index in [-0.39, 0.29) is 24.0 Å². The third kappa shape index (κ3) is 10.6. The molecule has 0 atom stereocenters. The molecule has 0 heterocycles. The fourth-order valence-corrected chi connectivity index (χ4v) is 1.38. The Labute approximate surface area is 123 Å². The monoisotopic (exact) mass is 355 g/mol. The molecule has 5 heteroatoms. The van der Waals surface area contributed by atoms with Crippen LogP contribution in [0.4, 0.5) is 0 Å². The molecule has 0 bridgehead atoms. The van der Waals surface area contributed by atoms with Crippen molar-refractivity contribution in [3.63, 3.8) is 0 Å². The number of nitrogens with zero attached hydrogens (tertiary/aromatic N) is 2. The molecular formula is C12H26IN3O. The van der Waals surface area contributed by atoms with Crippen LogP contribution in [0.2, 0.25) is 0 Å². The smallest absolute Gasteiger partial charge is 0.193 e. The summed E-state index contributed by atoms with van der Waals surface area (Å²) < 4.78 is 4.99. The van der Waals surface area contributed by atoms with Crippen LogP contribution >= 0.6 is 24.0 Å². The number of methoxy groups -OCH3 is 1. The van der Waals surface area contributed by atoms with Crippen LogP contribution in [0.1, 0.15) is 19.3 Å². The minimum Gasteiger partial charge on any atom is -0.385 e. The lowest BCUT2D eigenvalue weighted by atomic mass is 10.3. The van der Waals surface area contributed by atoms with Gasteiger partial charge in [0.05, 0.1) is 0 Å². The van der Waals surface area contributed by atoms with Gasteiger partial charge in [0, 0.05) is 40.9 Å². The summed E-state index contributed by atoms with van der Waals surface area (Å²) in [6.07, 6.45) is 5.10. The van der Waals surface area contributed by atoms with Crippen molar-refractivity contribution in [2.45, 2.75) is 19.3 Å². The van der Waals surface area contributed by atoms with Crippen molar-refractivity contribution >= 4 is 29.9 Å². The number of aliphatic imine (C=N–C) groups is 1. The Balaban J connectivity index is 0. The fraction of sp³-hybridized carbons (Fsp3) is 0.750. The summed E-state index contributed by atoms with van der Waals surface area (Å²) in [5.41, 5.74) is 0. The van der Waals surface area contributed by atoms with Crippen LogP contribution in [0, 0.1) is 0 Å². The topological polar surface area (TPSA) is 36.9 Å². The second-order valence-corrected chi connectivity index (χ2v) is 3.67. The van der Waals surface area contributed by atoms with Gasteiger partial charge < -0.3 is 15.0 Å². The zero-order chi connectivity index (χ0) is 12.2. The molecule has 0 radical (unpaired) electrons. The summed E-state index contributed by atoms with van der Waals surface area (Å²) in [5, 5.41) is 3.30. The molecule has 0 aromatic heterocycles. The molecule has 1 N–H and O–H groups in total. The molecule has 17 heavy (non-hydrogen) atoms. The lowest BCUT2D eigenvalue weighted by Crippen LogP contribution is -2.40. The van der Waals surface area contributed by atoms with E-state index < -0.39 is 0 Å². The summed E-state index contributed by atoms with van der Waals surface area (Å²) >= 11 is 0. The Kier molecular flexibility index (Phi) is 15.4. The van der Waals surface area contributed by atoms with Gasteiger partial charge in [0.2, 0.25) is 0 Å². The molecule has 0 rings (SSSR count). The standard InChI is InChI=1S/C12H25N3O.HI/c1-5-6-7-10-15(3)12(13-2)14-9-8-11-16-4;/h5H,1,6-11H2,2-4H3,(H,13,14);1H. The van der Waals surface area contributed by atoms with Crippen LogP contribution in [-0.2, 0) is 4.74 Å². The minimum absolute atomic E-state index is 0. The van der Waals surface area contributed by atoms with Crippen LogP contribution < -0.4 is 5.32 Å². The maximum Gasteiger partial charge on any atom is 0.193 e. The third-order valence-corrected chi connectivity index (χ3v) is 2.28. The van der Waals surface area contributed by atoms with E-state index in [4.69, 9.17) is 4.74 Å². The van der Waals surface area contributed by atoms with Crippen molar-refractivity contribution < 1.29 is 4.74 Å². The minimum atomic E-state index is 0. The quantitative estimate of drug-likeness (QED) is 0.238. The number of hydrogen-bond donors (Lipinski definition) is 1. The summed E-state index contributed by atoms with van der Waals surface area (Å²) in [6.45, 7) is 6.39. The van der Waals surface area contributed by atoms with E-state index in [0.29, 0.717) is 0 Å². The molecule has 0 aliphatic rings. The van der Waals surface area contributed by atoms with E-state index in [1.807, 2.05) is 13.1 Å². The number of unbranched alkanes of at least 4 members (excludes halogenated alkanes) is 1. The van der Waals surface area contributed by atoms with Crippen LogP contribution in [0.3, 0.4) is 0 Å². The van der Waals surface area contributed by atoms with Crippen LogP contribution in [0.25, 0.3) is 0 Å². The summed E-state index contributed by atoms with van der Waals surface area (Å²) in [4.78, 5) is 6.36. The zero-order valence-corrected chi connectivity index (χ0v) is 13.6. The lowest BCUT2D eigenvalue weighted by Gasteiger charge is -2.21. The number of nitrogens with one attached hydrogen (secondary N) is 1. The first-order valence-electron chi connectivity index (χ1n) is 5.77. The van der Waals surface area contributed by atoms with Crippen LogP contribution in [0.15, 0.2) is 17.6 Å². The van der Waals surface area contributed by atoms with Crippen molar-refractivity contribution in [1.82, 2.24) is 10.2 Å². The fourth-order valence-electron chi connectivity index (χ4n) is 1.38. The van der Waals surface area contributed by atoms with Gasteiger partial charge in [-0.25, -0.2) is 0 Å². The van der Waals surface area contributed by atoms with Crippen molar-refractivity contribution in [3.8, 4) is 0 Å². The average Bonchev–Trinajstić information content (AvgIpc) is 2.29. The highest BCUT2D eigenvalue weighted by Crippen LogP contribution is 1.94. The van der Waals surface area contributed by atoms with Gasteiger partial charge in [-0.3, -0.25) is 4.99 Å². The molecule has 0 saturated heterocycles. The third-order valence-electron chi connectivity index (χ3n) is 2.28. The molecule has 0 amide bonds. The molecule has 0 saturated carbocycles. The zero-order valence-electron chi connectivity index (χ0n) is 11.2. The van der Waals surface area contributed by atoms with Gasteiger partial charge in [-0.15, -0.1) is 30.6 Å². The summed E-state index contributed by atoms with van der Waals surface area (Å²) in [6, 6.07) is 0. The second-order valence-electron chi connectivity index (χ2n) is 3.67. The van der Waals surface area contributed by atoms with E-state index in [1.54, 1.807) is 7.11 Å². The number of ether oxygens (including phenoxy) is 1. The first kappa shape index (κ1) is 19.0. The molecule has 0 aromatic rings. The summed E-state index contributed by atoms with van der Waals surface area (Å²) in [5.74, 6) is 0.945. The SMILES string of the molecule is C=CCCCN(C)C(=NC)NCCCOC.I. The Morgan fingerprint density at radius 2 is 2.18 bits per heavy atom. The lowest BCUT2D eigenvalue weighted by molar-refractivity contribution is 0.195. The molecule has 0 fully saturated rings. The number of hydrogen-bond acceptors (Lipinski definition) is 2. The number of rotatable bonds is 8. The molecule has 4 nitrogen and oxygen atoms in total. The van der Waals surface area contributed by atoms with Crippen molar-refractivity contribution in [2.24, 2.45) is 4.99 Å². The van der Waals surface area contributed by atoms with Crippen molar-refractivity contribution in [3.05, 3.63) is 12.7 Å². The highest BCUT2D eigenvalue weighted by Gasteiger charge is 2.03. The van der Waals surface area contributed by atoms with Crippen LogP contribution in [0.5, 0.6) is 0 Å². The molecule has 0 aliphatic carbocycles. The highest BCUT2D eigenvalue weighted by atomic mass is 127. The van der Waals surface area contributed by atoms with Crippen molar-refractivity contribution in [2.75, 3.05) is 40.9 Å². The first-order chi connectivity index (χ1) is 7.76. The Bertz CT molecular complexity index is 210. The number of guanidine groups is 1. The molecule has 102 valence electrons. The second kappa shape index (κ2) is 13.8. The molecular weight excluding hydrogens is 329 g/mol. The highest BCUT2D eigenvalue weighted by molar-refractivity contribution is 14.0. The van der Waals surface area contributed by atoms with Crippen molar-refractivity contribution in [1.29, 1.82) is 0 Å². The van der Waals surface area contributed by atoms with Gasteiger partial charge in [0.15, 0.2) is 5.96 Å². The Hall–Kier alpha value is -0.300. The normalized spacial score (nSPS) is 10.6. The summed E-state index contributed by atoms with van der Waals surface area (Å²) in [7, 11) is 5.58. The molecule has 0 unspecified atom stereocenters. The van der Waals surface area contributed by atoms with E-state index in [0.717, 1.165) is 44.9 Å². The first-order valence-corrected chi connectivity index (χ1v) is 5.77. The van der Waals surface area contributed by atoms with Gasteiger partial charge in [-0.2, -0.15) is 0 Å². The van der Waals surface area contributed by atoms with E-state index >= 15 is 0 Å². The maximum absolute atomic E-state index is 4.99. The molecule has 0 aromatic carbocycles. The Morgan fingerprint density at radius 3 is 2.71 bits per heavy atom. The maximum atomic E-state index is 4.99. The molecule has 0 aliphatic heterocycles. The van der Waals surface area contributed by atoms with E-state index in [1.165, 1.54) is 0 Å². The predicted molar refractivity (Wildman–Crippen MR) is 85.3 cm³/mol. The Morgan fingerprint density at radius 1 is 1.47 bits per heavy atom. The number of halogens is 1. The van der Waals surface area contributed by atoms with Crippen LogP contribution in [-0.4, -0.2) is 51.8 Å². The van der Waals surface area contributed by atoms with Gasteiger partial charge in [-0.05, 0) is 19.3 Å². The average molecular weight is 355 g/mol. The van der Waals surface area contributed by atoms with Gasteiger partial charge in [-0.1, -0.05) is 6.08 Å². The van der Waals surface area contributed by atoms with Gasteiger partial charge in [0.1, 0.15) is 0 Å².